The fourth-order valence-corrected chi connectivity index (χ4v) is 3.48. The van der Waals surface area contributed by atoms with Gasteiger partial charge in [-0.3, -0.25) is 9.59 Å². The van der Waals surface area contributed by atoms with Gasteiger partial charge in [0.15, 0.2) is 0 Å². The van der Waals surface area contributed by atoms with Gasteiger partial charge in [-0.05, 0) is 56.7 Å². The highest BCUT2D eigenvalue weighted by molar-refractivity contribution is 5.88. The van der Waals surface area contributed by atoms with E-state index in [2.05, 4.69) is 36.5 Å². The predicted molar refractivity (Wildman–Crippen MR) is 123 cm³/mol. The molecule has 0 bridgehead atoms. The standard InChI is InChI=1S/C26H36N2O2/c1-6-21(5)27-26(30)24(7-2)28(18-23-11-9-8-10-20(23)4)25(29)17-16-22-14-12-19(3)13-15-22/h8-15,21,24H,6-7,16-18H2,1-5H3,(H,27,30)/t21-,24-/m1/s1. The number of hydrogen-bond donors (Lipinski definition) is 1. The van der Waals surface area contributed by atoms with Gasteiger partial charge in [0.2, 0.25) is 11.8 Å². The van der Waals surface area contributed by atoms with Crippen LogP contribution in [-0.4, -0.2) is 28.8 Å². The summed E-state index contributed by atoms with van der Waals surface area (Å²) in [5.41, 5.74) is 4.56. The number of aryl methyl sites for hydroxylation is 3. The van der Waals surface area contributed by atoms with Crippen molar-refractivity contribution in [2.75, 3.05) is 0 Å². The van der Waals surface area contributed by atoms with Crippen LogP contribution in [0.5, 0.6) is 0 Å². The van der Waals surface area contributed by atoms with Gasteiger partial charge in [-0.1, -0.05) is 67.9 Å². The summed E-state index contributed by atoms with van der Waals surface area (Å²) in [6.07, 6.45) is 2.51. The van der Waals surface area contributed by atoms with Crippen molar-refractivity contribution in [1.29, 1.82) is 0 Å². The molecule has 2 atom stereocenters. The average Bonchev–Trinajstić information content (AvgIpc) is 2.74. The highest BCUT2D eigenvalue weighted by Crippen LogP contribution is 2.18. The minimum absolute atomic E-state index is 0.0185. The van der Waals surface area contributed by atoms with E-state index in [1.165, 1.54) is 5.56 Å². The highest BCUT2D eigenvalue weighted by Gasteiger charge is 2.29. The molecule has 0 radical (unpaired) electrons. The summed E-state index contributed by atoms with van der Waals surface area (Å²) in [7, 11) is 0. The molecule has 2 rings (SSSR count). The Hall–Kier alpha value is -2.62. The van der Waals surface area contributed by atoms with Gasteiger partial charge in [-0.15, -0.1) is 0 Å². The molecule has 4 nitrogen and oxygen atoms in total. The summed E-state index contributed by atoms with van der Waals surface area (Å²) in [6.45, 7) is 10.6. The Bertz CT molecular complexity index is 829. The molecule has 2 aromatic rings. The lowest BCUT2D eigenvalue weighted by atomic mass is 10.0. The van der Waals surface area contributed by atoms with Crippen LogP contribution in [0.4, 0.5) is 0 Å². The van der Waals surface area contributed by atoms with Crippen LogP contribution in [-0.2, 0) is 22.6 Å². The van der Waals surface area contributed by atoms with Crippen molar-refractivity contribution in [3.8, 4) is 0 Å². The first-order valence-electron chi connectivity index (χ1n) is 11.1. The third kappa shape index (κ3) is 6.72. The molecule has 0 spiro atoms. The summed E-state index contributed by atoms with van der Waals surface area (Å²) in [4.78, 5) is 28.0. The predicted octanol–water partition coefficient (Wildman–Crippen LogP) is 4.96. The second-order valence-corrected chi connectivity index (χ2v) is 8.18. The number of amides is 2. The van der Waals surface area contributed by atoms with E-state index >= 15 is 0 Å². The lowest BCUT2D eigenvalue weighted by Crippen LogP contribution is -2.50. The third-order valence-electron chi connectivity index (χ3n) is 5.74. The van der Waals surface area contributed by atoms with E-state index in [1.807, 2.05) is 52.0 Å². The molecule has 0 aliphatic heterocycles. The number of hydrogen-bond acceptors (Lipinski definition) is 2. The normalized spacial score (nSPS) is 12.8. The summed E-state index contributed by atoms with van der Waals surface area (Å²) in [5, 5.41) is 3.06. The summed E-state index contributed by atoms with van der Waals surface area (Å²) in [6, 6.07) is 16.0. The first kappa shape index (κ1) is 23.7. The van der Waals surface area contributed by atoms with Crippen LogP contribution in [0.15, 0.2) is 48.5 Å². The Morgan fingerprint density at radius 3 is 2.23 bits per heavy atom. The van der Waals surface area contributed by atoms with Gasteiger partial charge in [0, 0.05) is 19.0 Å². The molecule has 0 heterocycles. The molecule has 0 saturated carbocycles. The largest absolute Gasteiger partial charge is 0.352 e. The van der Waals surface area contributed by atoms with Crippen molar-refractivity contribution in [1.82, 2.24) is 10.2 Å². The number of nitrogens with one attached hydrogen (secondary N) is 1. The van der Waals surface area contributed by atoms with Crippen LogP contribution in [0.3, 0.4) is 0 Å². The second-order valence-electron chi connectivity index (χ2n) is 8.18. The molecular formula is C26H36N2O2. The van der Waals surface area contributed by atoms with Gasteiger partial charge >= 0.3 is 0 Å². The molecule has 0 aliphatic rings. The highest BCUT2D eigenvalue weighted by atomic mass is 16.2. The molecule has 2 aromatic carbocycles. The number of benzene rings is 2. The van der Waals surface area contributed by atoms with Gasteiger partial charge in [0.05, 0.1) is 0 Å². The van der Waals surface area contributed by atoms with Gasteiger partial charge in [-0.2, -0.15) is 0 Å². The van der Waals surface area contributed by atoms with Crippen LogP contribution in [0.25, 0.3) is 0 Å². The van der Waals surface area contributed by atoms with Gasteiger partial charge in [-0.25, -0.2) is 0 Å². The first-order chi connectivity index (χ1) is 14.3. The van der Waals surface area contributed by atoms with E-state index in [4.69, 9.17) is 0 Å². The van der Waals surface area contributed by atoms with Gasteiger partial charge in [0.25, 0.3) is 0 Å². The van der Waals surface area contributed by atoms with Crippen molar-refractivity contribution in [3.63, 3.8) is 0 Å². The SMILES string of the molecule is CC[C@@H](C)NC(=O)[C@@H](CC)N(Cc1ccccc1C)C(=O)CCc1ccc(C)cc1. The Balaban J connectivity index is 2.21. The first-order valence-corrected chi connectivity index (χ1v) is 11.1. The summed E-state index contributed by atoms with van der Waals surface area (Å²) >= 11 is 0. The Kier molecular flexibility index (Phi) is 9.10. The smallest absolute Gasteiger partial charge is 0.243 e. The van der Waals surface area contributed by atoms with Gasteiger partial charge in [0.1, 0.15) is 6.04 Å². The number of rotatable bonds is 10. The molecule has 0 aliphatic carbocycles. The molecule has 0 fully saturated rings. The third-order valence-corrected chi connectivity index (χ3v) is 5.74. The van der Waals surface area contributed by atoms with Crippen LogP contribution >= 0.6 is 0 Å². The molecule has 0 aromatic heterocycles. The maximum atomic E-state index is 13.3. The average molecular weight is 409 g/mol. The quantitative estimate of drug-likeness (QED) is 0.604. The molecule has 4 heteroatoms. The number of carbonyl (C=O) groups excluding carboxylic acids is 2. The molecule has 0 unspecified atom stereocenters. The lowest BCUT2D eigenvalue weighted by molar-refractivity contribution is -0.141. The maximum absolute atomic E-state index is 13.3. The van der Waals surface area contributed by atoms with E-state index in [0.717, 1.165) is 23.1 Å². The van der Waals surface area contributed by atoms with E-state index in [9.17, 15) is 9.59 Å². The zero-order valence-corrected chi connectivity index (χ0v) is 19.1. The minimum Gasteiger partial charge on any atom is -0.352 e. The zero-order valence-electron chi connectivity index (χ0n) is 19.1. The molecule has 1 N–H and O–H groups in total. The van der Waals surface area contributed by atoms with Gasteiger partial charge < -0.3 is 10.2 Å². The van der Waals surface area contributed by atoms with E-state index in [-0.39, 0.29) is 17.9 Å². The van der Waals surface area contributed by atoms with Crippen LogP contribution in [0, 0.1) is 13.8 Å². The minimum atomic E-state index is -0.468. The second kappa shape index (κ2) is 11.5. The molecular weight excluding hydrogens is 372 g/mol. The van der Waals surface area contributed by atoms with Crippen molar-refractivity contribution < 1.29 is 9.59 Å². The Labute approximate surface area is 181 Å². The van der Waals surface area contributed by atoms with Crippen molar-refractivity contribution in [2.45, 2.75) is 78.9 Å². The number of carbonyl (C=O) groups is 2. The van der Waals surface area contributed by atoms with Crippen molar-refractivity contribution >= 4 is 11.8 Å². The zero-order chi connectivity index (χ0) is 22.1. The lowest BCUT2D eigenvalue weighted by Gasteiger charge is -2.32. The fourth-order valence-electron chi connectivity index (χ4n) is 3.48. The molecule has 0 saturated heterocycles. The van der Waals surface area contributed by atoms with Crippen LogP contribution in [0.2, 0.25) is 0 Å². The maximum Gasteiger partial charge on any atom is 0.243 e. The Morgan fingerprint density at radius 1 is 0.967 bits per heavy atom. The van der Waals surface area contributed by atoms with E-state index < -0.39 is 6.04 Å². The summed E-state index contributed by atoms with van der Waals surface area (Å²) < 4.78 is 0. The topological polar surface area (TPSA) is 49.4 Å². The fraction of sp³-hybridized carbons (Fsp3) is 0.462. The summed E-state index contributed by atoms with van der Waals surface area (Å²) in [5.74, 6) is -0.0471. The van der Waals surface area contributed by atoms with Crippen LogP contribution < -0.4 is 5.32 Å². The molecule has 162 valence electrons. The van der Waals surface area contributed by atoms with Crippen molar-refractivity contribution in [2.24, 2.45) is 0 Å². The van der Waals surface area contributed by atoms with E-state index in [1.54, 1.807) is 4.90 Å². The molecule has 30 heavy (non-hydrogen) atoms. The number of nitrogens with zero attached hydrogens (tertiary/aromatic N) is 1. The van der Waals surface area contributed by atoms with E-state index in [0.29, 0.717) is 25.8 Å². The molecule has 2 amide bonds. The Morgan fingerprint density at radius 2 is 1.63 bits per heavy atom. The van der Waals surface area contributed by atoms with Crippen molar-refractivity contribution in [3.05, 3.63) is 70.8 Å². The van der Waals surface area contributed by atoms with Crippen LogP contribution in [0.1, 0.15) is 62.3 Å². The monoisotopic (exact) mass is 408 g/mol.